The molecule has 0 aliphatic rings. The maximum Gasteiger partial charge on any atom is 0.573 e. The summed E-state index contributed by atoms with van der Waals surface area (Å²) in [6.45, 7) is 0.297. The number of nitrogens with one attached hydrogen (secondary N) is 1. The molecule has 25 heavy (non-hydrogen) atoms. The predicted octanol–water partition coefficient (Wildman–Crippen LogP) is 3.92. The van der Waals surface area contributed by atoms with Crippen LogP contribution < -0.4 is 14.8 Å². The fourth-order valence-electron chi connectivity index (χ4n) is 2.04. The summed E-state index contributed by atoms with van der Waals surface area (Å²) >= 11 is 0. The fraction of sp³-hybridized carbons (Fsp3) is 0.167. The number of halogens is 3. The third-order valence-corrected chi connectivity index (χ3v) is 3.19. The molecule has 0 aromatic heterocycles. The number of rotatable bonds is 6. The Morgan fingerprint density at radius 1 is 1.12 bits per heavy atom. The van der Waals surface area contributed by atoms with Crippen LogP contribution in [0.2, 0.25) is 0 Å². The number of hydrogen-bond donors (Lipinski definition) is 1. The smallest absolute Gasteiger partial charge is 0.496 e. The average molecular weight is 351 g/mol. The van der Waals surface area contributed by atoms with Gasteiger partial charge in [0.1, 0.15) is 11.5 Å². The van der Waals surface area contributed by atoms with Crippen LogP contribution >= 0.6 is 0 Å². The van der Waals surface area contributed by atoms with E-state index in [0.717, 1.165) is 5.56 Å². The Bertz CT molecular complexity index is 740. The summed E-state index contributed by atoms with van der Waals surface area (Å²) in [5.41, 5.74) is 1.40. The minimum atomic E-state index is -4.73. The number of methoxy groups -OCH3 is 1. The highest BCUT2D eigenvalue weighted by Gasteiger charge is 2.30. The summed E-state index contributed by atoms with van der Waals surface area (Å²) in [5, 5.41) is 2.71. The lowest BCUT2D eigenvalue weighted by molar-refractivity contribution is -0.274. The van der Waals surface area contributed by atoms with Gasteiger partial charge < -0.3 is 14.8 Å². The van der Waals surface area contributed by atoms with Gasteiger partial charge in [-0.1, -0.05) is 30.3 Å². The number of carbonyl (C=O) groups excluding carboxylic acids is 1. The van der Waals surface area contributed by atoms with Crippen molar-refractivity contribution in [3.05, 3.63) is 65.7 Å². The summed E-state index contributed by atoms with van der Waals surface area (Å²) in [6, 6.07) is 12.5. The summed E-state index contributed by atoms with van der Waals surface area (Å²) in [6.07, 6.45) is -1.93. The molecule has 0 saturated carbocycles. The fourth-order valence-corrected chi connectivity index (χ4v) is 2.04. The van der Waals surface area contributed by atoms with Gasteiger partial charge in [0.15, 0.2) is 0 Å². The molecule has 0 atom stereocenters. The van der Waals surface area contributed by atoms with Crippen LogP contribution in [-0.2, 0) is 11.3 Å². The highest BCUT2D eigenvalue weighted by atomic mass is 19.4. The number of amides is 1. The van der Waals surface area contributed by atoms with Gasteiger partial charge in [0, 0.05) is 18.2 Å². The number of ether oxygens (including phenoxy) is 2. The Morgan fingerprint density at radius 3 is 2.44 bits per heavy atom. The summed E-state index contributed by atoms with van der Waals surface area (Å²) < 4.78 is 45.2. The molecule has 132 valence electrons. The number of para-hydroxylation sites is 1. The normalized spacial score (nSPS) is 11.4. The molecule has 0 aliphatic heterocycles. The second-order valence-electron chi connectivity index (χ2n) is 4.98. The minimum absolute atomic E-state index is 0.297. The van der Waals surface area contributed by atoms with E-state index in [9.17, 15) is 18.0 Å². The number of alkyl halides is 3. The Labute approximate surface area is 142 Å². The standard InChI is InChI=1S/C18H16F3NO3/c1-24-16-5-3-2-4-14(16)12-22-17(23)11-8-13-6-9-15(10-7-13)25-18(19,20)21/h2-11H,12H2,1H3,(H,22,23). The van der Waals surface area contributed by atoms with E-state index < -0.39 is 6.36 Å². The average Bonchev–Trinajstić information content (AvgIpc) is 2.58. The summed E-state index contributed by atoms with van der Waals surface area (Å²) in [7, 11) is 1.55. The first-order chi connectivity index (χ1) is 11.9. The van der Waals surface area contributed by atoms with Gasteiger partial charge in [-0.2, -0.15) is 0 Å². The lowest BCUT2D eigenvalue weighted by Crippen LogP contribution is -2.20. The van der Waals surface area contributed by atoms with Crippen molar-refractivity contribution in [1.82, 2.24) is 5.32 Å². The van der Waals surface area contributed by atoms with Crippen LogP contribution in [0.1, 0.15) is 11.1 Å². The van der Waals surface area contributed by atoms with Crippen LogP contribution in [0.4, 0.5) is 13.2 Å². The number of benzene rings is 2. The van der Waals surface area contributed by atoms with Crippen LogP contribution in [0.15, 0.2) is 54.6 Å². The van der Waals surface area contributed by atoms with Gasteiger partial charge in [-0.3, -0.25) is 4.79 Å². The molecule has 1 amide bonds. The Morgan fingerprint density at radius 2 is 1.80 bits per heavy atom. The number of hydrogen-bond acceptors (Lipinski definition) is 3. The highest BCUT2D eigenvalue weighted by molar-refractivity contribution is 5.91. The van der Waals surface area contributed by atoms with Gasteiger partial charge in [0.05, 0.1) is 7.11 Å². The van der Waals surface area contributed by atoms with Gasteiger partial charge in [0.2, 0.25) is 5.91 Å². The van der Waals surface area contributed by atoms with E-state index in [-0.39, 0.29) is 11.7 Å². The third kappa shape index (κ3) is 6.21. The molecule has 0 aliphatic carbocycles. The van der Waals surface area contributed by atoms with E-state index in [1.807, 2.05) is 18.2 Å². The molecular formula is C18H16F3NO3. The van der Waals surface area contributed by atoms with Gasteiger partial charge in [-0.15, -0.1) is 13.2 Å². The minimum Gasteiger partial charge on any atom is -0.496 e. The second kappa shape index (κ2) is 8.23. The van der Waals surface area contributed by atoms with E-state index in [1.54, 1.807) is 13.2 Å². The monoisotopic (exact) mass is 351 g/mol. The first kappa shape index (κ1) is 18.4. The van der Waals surface area contributed by atoms with E-state index in [0.29, 0.717) is 17.9 Å². The molecule has 0 bridgehead atoms. The summed E-state index contributed by atoms with van der Waals surface area (Å²) in [5.74, 6) is 0.0267. The van der Waals surface area contributed by atoms with Crippen molar-refractivity contribution in [1.29, 1.82) is 0 Å². The Balaban J connectivity index is 1.89. The maximum absolute atomic E-state index is 12.1. The van der Waals surface area contributed by atoms with Crippen LogP contribution in [0.5, 0.6) is 11.5 Å². The first-order valence-electron chi connectivity index (χ1n) is 7.31. The van der Waals surface area contributed by atoms with Crippen molar-refractivity contribution < 1.29 is 27.4 Å². The van der Waals surface area contributed by atoms with Gasteiger partial charge in [-0.05, 0) is 29.8 Å². The molecule has 0 saturated heterocycles. The molecule has 0 heterocycles. The molecule has 2 aromatic rings. The zero-order valence-corrected chi connectivity index (χ0v) is 13.3. The molecule has 0 fully saturated rings. The molecule has 7 heteroatoms. The van der Waals surface area contributed by atoms with Crippen molar-refractivity contribution in [3.63, 3.8) is 0 Å². The molecule has 1 N–H and O–H groups in total. The van der Waals surface area contributed by atoms with Crippen molar-refractivity contribution in [2.24, 2.45) is 0 Å². The van der Waals surface area contributed by atoms with Crippen molar-refractivity contribution in [3.8, 4) is 11.5 Å². The maximum atomic E-state index is 12.1. The third-order valence-electron chi connectivity index (χ3n) is 3.19. The van der Waals surface area contributed by atoms with Crippen molar-refractivity contribution in [2.75, 3.05) is 7.11 Å². The van der Waals surface area contributed by atoms with Crippen LogP contribution in [0.3, 0.4) is 0 Å². The summed E-state index contributed by atoms with van der Waals surface area (Å²) in [4.78, 5) is 11.8. The SMILES string of the molecule is COc1ccccc1CNC(=O)C=Cc1ccc(OC(F)(F)F)cc1. The topological polar surface area (TPSA) is 47.6 Å². The lowest BCUT2D eigenvalue weighted by atomic mass is 10.2. The molecule has 0 spiro atoms. The predicted molar refractivity (Wildman–Crippen MR) is 87.0 cm³/mol. The second-order valence-corrected chi connectivity index (χ2v) is 4.98. The van der Waals surface area contributed by atoms with Crippen LogP contribution in [0, 0.1) is 0 Å². The van der Waals surface area contributed by atoms with Gasteiger partial charge >= 0.3 is 6.36 Å². The Hall–Kier alpha value is -2.96. The van der Waals surface area contributed by atoms with Crippen molar-refractivity contribution >= 4 is 12.0 Å². The zero-order chi connectivity index (χ0) is 18.3. The largest absolute Gasteiger partial charge is 0.573 e. The molecule has 4 nitrogen and oxygen atoms in total. The highest BCUT2D eigenvalue weighted by Crippen LogP contribution is 2.23. The Kier molecular flexibility index (Phi) is 6.05. The number of carbonyl (C=O) groups is 1. The van der Waals surface area contributed by atoms with E-state index >= 15 is 0 Å². The van der Waals surface area contributed by atoms with Crippen molar-refractivity contribution in [2.45, 2.75) is 12.9 Å². The first-order valence-corrected chi connectivity index (χ1v) is 7.31. The quantitative estimate of drug-likeness (QED) is 0.803. The van der Waals surface area contributed by atoms with E-state index in [2.05, 4.69) is 10.1 Å². The molecule has 0 radical (unpaired) electrons. The molecule has 2 rings (SSSR count). The molecule has 2 aromatic carbocycles. The molecule has 0 unspecified atom stereocenters. The van der Waals surface area contributed by atoms with Gasteiger partial charge in [-0.25, -0.2) is 0 Å². The van der Waals surface area contributed by atoms with Crippen LogP contribution in [0.25, 0.3) is 6.08 Å². The van der Waals surface area contributed by atoms with Gasteiger partial charge in [0.25, 0.3) is 0 Å². The van der Waals surface area contributed by atoms with E-state index in [1.165, 1.54) is 36.4 Å². The zero-order valence-electron chi connectivity index (χ0n) is 13.3. The van der Waals surface area contributed by atoms with E-state index in [4.69, 9.17) is 4.74 Å². The van der Waals surface area contributed by atoms with Crippen LogP contribution in [-0.4, -0.2) is 19.4 Å². The molecular weight excluding hydrogens is 335 g/mol. The lowest BCUT2D eigenvalue weighted by Gasteiger charge is -2.08.